The van der Waals surface area contributed by atoms with Crippen molar-refractivity contribution in [3.63, 3.8) is 0 Å². The van der Waals surface area contributed by atoms with E-state index in [0.29, 0.717) is 17.5 Å². The maximum Gasteiger partial charge on any atom is 0.164 e. The molecular formula is C53H34N4O. The molecule has 0 saturated heterocycles. The predicted molar refractivity (Wildman–Crippen MR) is 231 cm³/mol. The second kappa shape index (κ2) is 12.7. The third-order valence-electron chi connectivity index (χ3n) is 12.1. The molecule has 3 heterocycles. The first kappa shape index (κ1) is 32.6. The van der Waals surface area contributed by atoms with Crippen LogP contribution in [0.4, 0.5) is 0 Å². The summed E-state index contributed by atoms with van der Waals surface area (Å²) < 4.78 is 6.71. The van der Waals surface area contributed by atoms with Crippen molar-refractivity contribution < 1.29 is 4.74 Å². The number of para-hydroxylation sites is 2. The molecule has 0 bridgehead atoms. The number of fused-ring (bicyclic) bond motifs is 11. The second-order valence-electron chi connectivity index (χ2n) is 15.2. The third-order valence-corrected chi connectivity index (χ3v) is 12.1. The van der Waals surface area contributed by atoms with Crippen LogP contribution in [-0.2, 0) is 12.0 Å². The van der Waals surface area contributed by atoms with Gasteiger partial charge >= 0.3 is 0 Å². The van der Waals surface area contributed by atoms with E-state index in [2.05, 4.69) is 175 Å². The topological polar surface area (TPSA) is 59.9 Å². The molecule has 1 N–H and O–H groups in total. The highest BCUT2D eigenvalue weighted by molar-refractivity contribution is 5.96. The average molecular weight is 743 g/mol. The zero-order valence-electron chi connectivity index (χ0n) is 31.4. The Labute approximate surface area is 336 Å². The number of nitrogens with zero attached hydrogens (tertiary/aromatic N) is 3. The first-order chi connectivity index (χ1) is 28.7. The molecule has 3 aliphatic rings. The van der Waals surface area contributed by atoms with Crippen molar-refractivity contribution in [3.8, 4) is 56.8 Å². The zero-order chi connectivity index (χ0) is 38.2. The van der Waals surface area contributed by atoms with Gasteiger partial charge in [-0.25, -0.2) is 15.0 Å². The summed E-state index contributed by atoms with van der Waals surface area (Å²) >= 11 is 0. The van der Waals surface area contributed by atoms with Crippen LogP contribution in [-0.4, -0.2) is 15.0 Å². The van der Waals surface area contributed by atoms with Crippen LogP contribution in [0.1, 0.15) is 38.9 Å². The number of hydrogen-bond acceptors (Lipinski definition) is 5. The SMILES string of the molecule is C1=C(c2ccc3c(c2)C2(c4ccccc4Oc4ccccc42)c2cc(-c4nc(-c5ccccc5)nc(-c5cccc6ccccc56)n4)ccc2-3)c2ccccc2CN1. The highest BCUT2D eigenvalue weighted by Crippen LogP contribution is 2.62. The molecule has 1 spiro atoms. The van der Waals surface area contributed by atoms with E-state index in [0.717, 1.165) is 62.2 Å². The van der Waals surface area contributed by atoms with E-state index in [-0.39, 0.29) is 0 Å². The van der Waals surface area contributed by atoms with Crippen LogP contribution in [0.3, 0.4) is 0 Å². The van der Waals surface area contributed by atoms with Gasteiger partial charge in [0.15, 0.2) is 17.5 Å². The number of hydrogen-bond donors (Lipinski definition) is 1. The average Bonchev–Trinajstić information content (AvgIpc) is 3.58. The van der Waals surface area contributed by atoms with Gasteiger partial charge in [-0.15, -0.1) is 0 Å². The fraction of sp³-hybridized carbons (Fsp3) is 0.0377. The largest absolute Gasteiger partial charge is 0.457 e. The number of nitrogens with one attached hydrogen (secondary N) is 1. The molecule has 2 aliphatic heterocycles. The van der Waals surface area contributed by atoms with Gasteiger partial charge in [0.2, 0.25) is 0 Å². The van der Waals surface area contributed by atoms with Gasteiger partial charge in [0.05, 0.1) is 5.41 Å². The van der Waals surface area contributed by atoms with Crippen LogP contribution in [0.5, 0.6) is 11.5 Å². The normalized spacial score (nSPS) is 14.0. The standard InChI is InChI=1S/C53H34N4O/c1-2-14-34(15-3-1)50-55-51(57-52(56-50)42-20-12-17-33-13-4-6-18-38(33)42)36-26-28-41-40-27-25-35(43-32-54-31-37-16-5-7-19-39(37)43)29-46(40)53(47(41)30-36)44-21-8-10-23-48(44)58-49-24-11-9-22-45(49)53/h1-30,32,54H,31H2. The van der Waals surface area contributed by atoms with Gasteiger partial charge in [0.25, 0.3) is 0 Å². The van der Waals surface area contributed by atoms with Crippen LogP contribution in [0.2, 0.25) is 0 Å². The summed E-state index contributed by atoms with van der Waals surface area (Å²) in [4.78, 5) is 15.6. The third kappa shape index (κ3) is 4.80. The Morgan fingerprint density at radius 2 is 1.02 bits per heavy atom. The van der Waals surface area contributed by atoms with Crippen molar-refractivity contribution in [1.29, 1.82) is 0 Å². The molecule has 0 radical (unpaired) electrons. The molecule has 0 fully saturated rings. The van der Waals surface area contributed by atoms with Gasteiger partial charge in [-0.2, -0.15) is 0 Å². The van der Waals surface area contributed by atoms with Crippen molar-refractivity contribution >= 4 is 16.3 Å². The van der Waals surface area contributed by atoms with E-state index in [4.69, 9.17) is 19.7 Å². The Morgan fingerprint density at radius 1 is 0.431 bits per heavy atom. The van der Waals surface area contributed by atoms with Crippen molar-refractivity contribution in [2.45, 2.75) is 12.0 Å². The van der Waals surface area contributed by atoms with Crippen LogP contribution >= 0.6 is 0 Å². The molecule has 5 nitrogen and oxygen atoms in total. The van der Waals surface area contributed by atoms with Gasteiger partial charge < -0.3 is 10.1 Å². The maximum absolute atomic E-state index is 6.71. The lowest BCUT2D eigenvalue weighted by Crippen LogP contribution is -2.32. The Hall–Kier alpha value is -7.63. The molecule has 5 heteroatoms. The van der Waals surface area contributed by atoms with Gasteiger partial charge in [0.1, 0.15) is 11.5 Å². The molecule has 12 rings (SSSR count). The molecule has 0 amide bonds. The van der Waals surface area contributed by atoms with Crippen molar-refractivity contribution in [1.82, 2.24) is 20.3 Å². The van der Waals surface area contributed by atoms with Crippen LogP contribution in [0, 0.1) is 0 Å². The summed E-state index contributed by atoms with van der Waals surface area (Å²) in [6, 6.07) is 64.4. The first-order valence-electron chi connectivity index (χ1n) is 19.7. The Kier molecular flexibility index (Phi) is 7.14. The zero-order valence-corrected chi connectivity index (χ0v) is 31.4. The number of rotatable bonds is 4. The van der Waals surface area contributed by atoms with Crippen LogP contribution in [0.25, 0.3) is 61.6 Å². The van der Waals surface area contributed by atoms with Gasteiger partial charge in [-0.05, 0) is 74.0 Å². The predicted octanol–water partition coefficient (Wildman–Crippen LogP) is 12.0. The van der Waals surface area contributed by atoms with Crippen LogP contribution in [0.15, 0.2) is 188 Å². The van der Waals surface area contributed by atoms with Gasteiger partial charge in [0, 0.05) is 46.1 Å². The summed E-state index contributed by atoms with van der Waals surface area (Å²) in [5.74, 6) is 3.59. The van der Waals surface area contributed by atoms with E-state index >= 15 is 0 Å². The quantitative estimate of drug-likeness (QED) is 0.195. The molecule has 8 aromatic carbocycles. The summed E-state index contributed by atoms with van der Waals surface area (Å²) in [7, 11) is 0. The van der Waals surface area contributed by atoms with E-state index in [1.165, 1.54) is 39.0 Å². The smallest absolute Gasteiger partial charge is 0.164 e. The van der Waals surface area contributed by atoms with Gasteiger partial charge in [-0.1, -0.05) is 158 Å². The molecular weight excluding hydrogens is 709 g/mol. The minimum atomic E-state index is -0.682. The number of aromatic nitrogens is 3. The molecule has 9 aromatic rings. The van der Waals surface area contributed by atoms with Crippen LogP contribution < -0.4 is 10.1 Å². The lowest BCUT2D eigenvalue weighted by atomic mass is 9.65. The fourth-order valence-corrected chi connectivity index (χ4v) is 9.48. The maximum atomic E-state index is 6.71. The minimum Gasteiger partial charge on any atom is -0.457 e. The fourth-order valence-electron chi connectivity index (χ4n) is 9.48. The second-order valence-corrected chi connectivity index (χ2v) is 15.2. The Bertz CT molecular complexity index is 3120. The van der Waals surface area contributed by atoms with E-state index in [9.17, 15) is 0 Å². The van der Waals surface area contributed by atoms with E-state index in [1.54, 1.807) is 0 Å². The summed E-state index contributed by atoms with van der Waals surface area (Å²) in [5, 5.41) is 5.78. The molecule has 0 atom stereocenters. The van der Waals surface area contributed by atoms with Crippen molar-refractivity contribution in [3.05, 3.63) is 227 Å². The monoisotopic (exact) mass is 742 g/mol. The lowest BCUT2D eigenvalue weighted by Gasteiger charge is -2.39. The summed E-state index contributed by atoms with van der Waals surface area (Å²) in [6.07, 6.45) is 2.17. The van der Waals surface area contributed by atoms with E-state index < -0.39 is 5.41 Å². The molecule has 1 aliphatic carbocycles. The highest BCUT2D eigenvalue weighted by Gasteiger charge is 2.51. The van der Waals surface area contributed by atoms with E-state index in [1.807, 2.05) is 18.2 Å². The van der Waals surface area contributed by atoms with Gasteiger partial charge in [-0.3, -0.25) is 0 Å². The lowest BCUT2D eigenvalue weighted by molar-refractivity contribution is 0.436. The molecule has 0 unspecified atom stereocenters. The summed E-state index contributed by atoms with van der Waals surface area (Å²) in [6.45, 7) is 0.812. The van der Waals surface area contributed by atoms with Crippen molar-refractivity contribution in [2.75, 3.05) is 0 Å². The Balaban J connectivity index is 1.12. The molecule has 1 aromatic heterocycles. The van der Waals surface area contributed by atoms with Crippen molar-refractivity contribution in [2.24, 2.45) is 0 Å². The molecule has 0 saturated carbocycles. The number of ether oxygens (including phenoxy) is 1. The minimum absolute atomic E-state index is 0.620. The molecule has 272 valence electrons. The first-order valence-corrected chi connectivity index (χ1v) is 19.7. The highest BCUT2D eigenvalue weighted by atomic mass is 16.5. The summed E-state index contributed by atoms with van der Waals surface area (Å²) in [5.41, 5.74) is 14.0. The molecule has 58 heavy (non-hydrogen) atoms. The number of benzene rings is 8. The Morgan fingerprint density at radius 3 is 1.81 bits per heavy atom.